The fourth-order valence-corrected chi connectivity index (χ4v) is 2.22. The average molecular weight is 326 g/mol. The fourth-order valence-electron chi connectivity index (χ4n) is 2.09. The number of rotatable bonds is 3. The van der Waals surface area contributed by atoms with Crippen LogP contribution in [-0.4, -0.2) is 35.8 Å². The summed E-state index contributed by atoms with van der Waals surface area (Å²) in [4.78, 5) is 13.4. The molecule has 1 aromatic carbocycles. The molecule has 19 heavy (non-hydrogen) atoms. The van der Waals surface area contributed by atoms with E-state index < -0.39 is 5.24 Å². The Morgan fingerprint density at radius 3 is 2.53 bits per heavy atom. The van der Waals surface area contributed by atoms with Crippen LogP contribution in [-0.2, 0) is 6.54 Å². The third-order valence-corrected chi connectivity index (χ3v) is 3.42. The van der Waals surface area contributed by atoms with Gasteiger partial charge in [0.1, 0.15) is 0 Å². The number of hydrogen-bond donors (Lipinski definition) is 1. The molecule has 0 bridgehead atoms. The summed E-state index contributed by atoms with van der Waals surface area (Å²) in [6, 6.07) is 8.09. The molecule has 1 unspecified atom stereocenters. The first-order valence-electron chi connectivity index (χ1n) is 5.90. The van der Waals surface area contributed by atoms with E-state index in [-0.39, 0.29) is 24.8 Å². The summed E-state index contributed by atoms with van der Waals surface area (Å²) in [6.07, 6.45) is 0. The molecule has 1 N–H and O–H groups in total. The van der Waals surface area contributed by atoms with E-state index in [2.05, 4.69) is 17.1 Å². The number of carbonyl (C=O) groups is 1. The van der Waals surface area contributed by atoms with Gasteiger partial charge in [-0.2, -0.15) is 0 Å². The largest absolute Gasteiger partial charge is 0.314 e. The first-order valence-corrected chi connectivity index (χ1v) is 6.28. The maximum Gasteiger partial charge on any atom is 0.252 e. The Morgan fingerprint density at radius 1 is 1.37 bits per heavy atom. The summed E-state index contributed by atoms with van der Waals surface area (Å²) in [7, 11) is 0. The summed E-state index contributed by atoms with van der Waals surface area (Å²) in [5.41, 5.74) is 1.78. The molecular formula is C13H19Cl3N2O. The lowest BCUT2D eigenvalue weighted by molar-refractivity contribution is 0.108. The predicted octanol–water partition coefficient (Wildman–Crippen LogP) is 2.70. The van der Waals surface area contributed by atoms with Crippen molar-refractivity contribution in [3.8, 4) is 0 Å². The van der Waals surface area contributed by atoms with Crippen LogP contribution in [0.3, 0.4) is 0 Å². The minimum absolute atomic E-state index is 0. The van der Waals surface area contributed by atoms with Crippen LogP contribution in [0.25, 0.3) is 0 Å². The number of halogens is 3. The topological polar surface area (TPSA) is 32.3 Å². The highest BCUT2D eigenvalue weighted by Gasteiger charge is 2.17. The van der Waals surface area contributed by atoms with Gasteiger partial charge in [0.15, 0.2) is 0 Å². The van der Waals surface area contributed by atoms with Gasteiger partial charge in [-0.1, -0.05) is 12.1 Å². The number of nitrogens with one attached hydrogen (secondary N) is 1. The lowest BCUT2D eigenvalue weighted by Crippen LogP contribution is -2.49. The van der Waals surface area contributed by atoms with Crippen molar-refractivity contribution in [3.05, 3.63) is 35.4 Å². The second-order valence-electron chi connectivity index (χ2n) is 4.49. The van der Waals surface area contributed by atoms with Gasteiger partial charge in [0.05, 0.1) is 0 Å². The molecule has 2 rings (SSSR count). The van der Waals surface area contributed by atoms with Crippen molar-refractivity contribution < 1.29 is 4.79 Å². The Kier molecular flexibility index (Phi) is 8.62. The van der Waals surface area contributed by atoms with Gasteiger partial charge in [-0.3, -0.25) is 9.69 Å². The molecule has 1 heterocycles. The molecule has 1 aliphatic rings. The Balaban J connectivity index is 0.00000162. The molecule has 6 heteroatoms. The molecule has 3 nitrogen and oxygen atoms in total. The van der Waals surface area contributed by atoms with Crippen molar-refractivity contribution in [2.24, 2.45) is 0 Å². The van der Waals surface area contributed by atoms with Gasteiger partial charge in [0, 0.05) is 37.8 Å². The maximum absolute atomic E-state index is 10.9. The van der Waals surface area contributed by atoms with E-state index in [0.717, 1.165) is 26.2 Å². The third-order valence-electron chi connectivity index (χ3n) is 3.21. The van der Waals surface area contributed by atoms with Crippen LogP contribution in [0.4, 0.5) is 0 Å². The van der Waals surface area contributed by atoms with Gasteiger partial charge in [0.2, 0.25) is 0 Å². The SMILES string of the molecule is CC1CNCCN1Cc1ccc(C(=O)Cl)cc1.Cl.Cl. The molecule has 0 amide bonds. The van der Waals surface area contributed by atoms with Crippen LogP contribution in [0.2, 0.25) is 0 Å². The average Bonchev–Trinajstić information content (AvgIpc) is 2.33. The van der Waals surface area contributed by atoms with Gasteiger partial charge >= 0.3 is 0 Å². The van der Waals surface area contributed by atoms with Crippen molar-refractivity contribution in [1.29, 1.82) is 0 Å². The van der Waals surface area contributed by atoms with Crippen molar-refractivity contribution in [2.45, 2.75) is 19.5 Å². The van der Waals surface area contributed by atoms with Crippen LogP contribution in [0.15, 0.2) is 24.3 Å². The smallest absolute Gasteiger partial charge is 0.252 e. The molecule has 0 spiro atoms. The lowest BCUT2D eigenvalue weighted by atomic mass is 10.1. The fraction of sp³-hybridized carbons (Fsp3) is 0.462. The zero-order valence-corrected chi connectivity index (χ0v) is 13.2. The summed E-state index contributed by atoms with van der Waals surface area (Å²) >= 11 is 5.41. The van der Waals surface area contributed by atoms with E-state index in [4.69, 9.17) is 11.6 Å². The molecule has 0 saturated carbocycles. The second kappa shape index (κ2) is 8.77. The van der Waals surface area contributed by atoms with Crippen LogP contribution in [0.5, 0.6) is 0 Å². The Labute approximate surface area is 131 Å². The van der Waals surface area contributed by atoms with Crippen LogP contribution >= 0.6 is 36.4 Å². The summed E-state index contributed by atoms with van der Waals surface area (Å²) in [6.45, 7) is 6.31. The molecule has 0 aromatic heterocycles. The molecule has 0 radical (unpaired) electrons. The van der Waals surface area contributed by atoms with E-state index in [9.17, 15) is 4.79 Å². The predicted molar refractivity (Wildman–Crippen MR) is 83.9 cm³/mol. The zero-order valence-electron chi connectivity index (χ0n) is 10.8. The van der Waals surface area contributed by atoms with Crippen LogP contribution in [0, 0.1) is 0 Å². The second-order valence-corrected chi connectivity index (χ2v) is 4.84. The minimum Gasteiger partial charge on any atom is -0.314 e. The van der Waals surface area contributed by atoms with E-state index in [1.54, 1.807) is 12.1 Å². The monoisotopic (exact) mass is 324 g/mol. The van der Waals surface area contributed by atoms with E-state index in [1.807, 2.05) is 12.1 Å². The van der Waals surface area contributed by atoms with E-state index in [1.165, 1.54) is 5.56 Å². The summed E-state index contributed by atoms with van der Waals surface area (Å²) < 4.78 is 0. The number of nitrogens with zero attached hydrogens (tertiary/aromatic N) is 1. The van der Waals surface area contributed by atoms with Crippen molar-refractivity contribution in [3.63, 3.8) is 0 Å². The third kappa shape index (κ3) is 5.28. The molecule has 108 valence electrons. The maximum atomic E-state index is 10.9. The Bertz CT molecular complexity index is 397. The Hall–Kier alpha value is -0.320. The standard InChI is InChI=1S/C13H17ClN2O.2ClH/c1-10-8-15-6-7-16(10)9-11-2-4-12(5-3-11)13(14)17;;/h2-5,10,15H,6-9H2,1H3;2*1H. The molecule has 1 saturated heterocycles. The highest BCUT2D eigenvalue weighted by Crippen LogP contribution is 2.12. The van der Waals surface area contributed by atoms with Gasteiger partial charge in [0.25, 0.3) is 5.24 Å². The van der Waals surface area contributed by atoms with Crippen molar-refractivity contribution in [2.75, 3.05) is 19.6 Å². The quantitative estimate of drug-likeness (QED) is 0.867. The van der Waals surface area contributed by atoms with Gasteiger partial charge in [-0.15, -0.1) is 24.8 Å². The highest BCUT2D eigenvalue weighted by atomic mass is 35.5. The lowest BCUT2D eigenvalue weighted by Gasteiger charge is -2.33. The number of hydrogen-bond acceptors (Lipinski definition) is 3. The number of piperazine rings is 1. The van der Waals surface area contributed by atoms with Gasteiger partial charge in [-0.25, -0.2) is 0 Å². The normalized spacial score (nSPS) is 19.2. The number of benzene rings is 1. The highest BCUT2D eigenvalue weighted by molar-refractivity contribution is 6.67. The molecule has 1 fully saturated rings. The first-order chi connectivity index (χ1) is 8.16. The zero-order chi connectivity index (χ0) is 12.3. The number of carbonyl (C=O) groups excluding carboxylic acids is 1. The van der Waals surface area contributed by atoms with Gasteiger partial charge < -0.3 is 5.32 Å². The Morgan fingerprint density at radius 2 is 2.00 bits per heavy atom. The minimum atomic E-state index is -0.396. The van der Waals surface area contributed by atoms with Crippen LogP contribution < -0.4 is 5.32 Å². The summed E-state index contributed by atoms with van der Waals surface area (Å²) in [5, 5.41) is 2.97. The van der Waals surface area contributed by atoms with Crippen molar-refractivity contribution >= 4 is 41.7 Å². The molecule has 1 atom stereocenters. The summed E-state index contributed by atoms with van der Waals surface area (Å²) in [5.74, 6) is 0. The molecule has 0 aliphatic carbocycles. The molecule has 1 aromatic rings. The van der Waals surface area contributed by atoms with E-state index >= 15 is 0 Å². The molecule has 1 aliphatic heterocycles. The first kappa shape index (κ1) is 18.7. The van der Waals surface area contributed by atoms with E-state index in [0.29, 0.717) is 11.6 Å². The van der Waals surface area contributed by atoms with Crippen LogP contribution in [0.1, 0.15) is 22.8 Å². The van der Waals surface area contributed by atoms with Gasteiger partial charge in [-0.05, 0) is 36.2 Å². The molecular weight excluding hydrogens is 307 g/mol. The van der Waals surface area contributed by atoms with Crippen molar-refractivity contribution in [1.82, 2.24) is 10.2 Å².